The number of aliphatic hydroxyl groups is 1. The van der Waals surface area contributed by atoms with E-state index < -0.39 is 6.10 Å². The van der Waals surface area contributed by atoms with E-state index in [9.17, 15) is 5.11 Å². The van der Waals surface area contributed by atoms with Crippen molar-refractivity contribution in [3.05, 3.63) is 23.8 Å². The molecule has 5 heteroatoms. The Balaban J connectivity index is 1.38. The van der Waals surface area contributed by atoms with Crippen molar-refractivity contribution in [1.29, 1.82) is 0 Å². The molecule has 2 aliphatic rings. The minimum Gasteiger partial charge on any atom is -0.454 e. The normalized spacial score (nSPS) is 20.4. The second kappa shape index (κ2) is 7.99. The number of rotatable bonds is 7. The number of benzene rings is 1. The number of aliphatic hydroxyl groups excluding tert-OH is 1. The molecule has 1 aromatic rings. The molecule has 0 aromatic heterocycles. The van der Waals surface area contributed by atoms with Crippen LogP contribution in [0.15, 0.2) is 18.2 Å². The van der Waals surface area contributed by atoms with Crippen LogP contribution in [0.1, 0.15) is 37.7 Å². The minimum absolute atomic E-state index is 0.286. The van der Waals surface area contributed by atoms with E-state index in [1.165, 1.54) is 37.0 Å². The number of ether oxygens (including phenoxy) is 3. The van der Waals surface area contributed by atoms with Gasteiger partial charge in [-0.15, -0.1) is 0 Å². The lowest BCUT2D eigenvalue weighted by Crippen LogP contribution is -3.14. The highest BCUT2D eigenvalue weighted by atomic mass is 16.7. The van der Waals surface area contributed by atoms with Gasteiger partial charge in [0.2, 0.25) is 6.79 Å². The van der Waals surface area contributed by atoms with Gasteiger partial charge < -0.3 is 24.2 Å². The molecule has 0 amide bonds. The minimum atomic E-state index is -0.411. The smallest absolute Gasteiger partial charge is 0.231 e. The predicted molar refractivity (Wildman–Crippen MR) is 86.9 cm³/mol. The van der Waals surface area contributed by atoms with Gasteiger partial charge in [-0.2, -0.15) is 0 Å². The Morgan fingerprint density at radius 1 is 1.22 bits per heavy atom. The highest BCUT2D eigenvalue weighted by Crippen LogP contribution is 2.32. The van der Waals surface area contributed by atoms with Crippen molar-refractivity contribution >= 4 is 0 Å². The Bertz CT molecular complexity index is 502. The first-order valence-corrected chi connectivity index (χ1v) is 8.69. The van der Waals surface area contributed by atoms with Crippen molar-refractivity contribution in [3.8, 4) is 11.5 Å². The van der Waals surface area contributed by atoms with E-state index >= 15 is 0 Å². The molecule has 3 rings (SSSR count). The number of fused-ring (bicyclic) bond motifs is 1. The molecule has 1 heterocycles. The summed E-state index contributed by atoms with van der Waals surface area (Å²) in [5.74, 6) is 1.56. The molecule has 2 atom stereocenters. The summed E-state index contributed by atoms with van der Waals surface area (Å²) in [5, 5.41) is 10.2. The molecular weight excluding hydrogens is 294 g/mol. The number of quaternary nitrogens is 1. The molecule has 1 saturated carbocycles. The highest BCUT2D eigenvalue weighted by Gasteiger charge is 2.23. The molecule has 2 unspecified atom stereocenters. The van der Waals surface area contributed by atoms with Crippen LogP contribution in [0, 0.1) is 0 Å². The van der Waals surface area contributed by atoms with Gasteiger partial charge in [0.15, 0.2) is 11.5 Å². The van der Waals surface area contributed by atoms with Gasteiger partial charge >= 0.3 is 0 Å². The second-order valence-electron chi connectivity index (χ2n) is 6.74. The first-order valence-electron chi connectivity index (χ1n) is 8.69. The first kappa shape index (κ1) is 16.6. The topological polar surface area (TPSA) is 52.4 Å². The molecule has 0 radical (unpaired) electrons. The van der Waals surface area contributed by atoms with Gasteiger partial charge in [0.05, 0.1) is 26.3 Å². The zero-order valence-corrected chi connectivity index (χ0v) is 13.9. The summed E-state index contributed by atoms with van der Waals surface area (Å²) in [6.07, 6.45) is 6.20. The first-order chi connectivity index (χ1) is 11.2. The molecular formula is C18H28NO4+. The van der Waals surface area contributed by atoms with Gasteiger partial charge in [-0.05, 0) is 43.4 Å². The lowest BCUT2D eigenvalue weighted by Gasteiger charge is -2.29. The van der Waals surface area contributed by atoms with Crippen molar-refractivity contribution in [2.75, 3.05) is 27.0 Å². The van der Waals surface area contributed by atoms with Crippen molar-refractivity contribution in [1.82, 2.24) is 0 Å². The summed E-state index contributed by atoms with van der Waals surface area (Å²) in [7, 11) is 2.19. The number of hydrogen-bond donors (Lipinski definition) is 2. The van der Waals surface area contributed by atoms with Crippen molar-refractivity contribution < 1.29 is 24.2 Å². The third-order valence-corrected chi connectivity index (χ3v) is 4.88. The Labute approximate surface area is 138 Å². The second-order valence-corrected chi connectivity index (χ2v) is 6.74. The number of hydrogen-bond acceptors (Lipinski definition) is 4. The summed E-state index contributed by atoms with van der Waals surface area (Å²) in [6, 6.07) is 6.51. The van der Waals surface area contributed by atoms with E-state index in [0.717, 1.165) is 23.6 Å². The highest BCUT2D eigenvalue weighted by molar-refractivity contribution is 5.44. The molecule has 1 aromatic carbocycles. The quantitative estimate of drug-likeness (QED) is 0.790. The average molecular weight is 322 g/mol. The fourth-order valence-electron chi connectivity index (χ4n) is 3.54. The van der Waals surface area contributed by atoms with Gasteiger partial charge in [0, 0.05) is 0 Å². The van der Waals surface area contributed by atoms with Crippen LogP contribution >= 0.6 is 0 Å². The van der Waals surface area contributed by atoms with Gasteiger partial charge in [-0.25, -0.2) is 0 Å². The maximum atomic E-state index is 10.2. The molecule has 2 N–H and O–H groups in total. The third kappa shape index (κ3) is 4.59. The van der Waals surface area contributed by atoms with E-state index in [0.29, 0.717) is 19.3 Å². The van der Waals surface area contributed by atoms with Crippen LogP contribution in [-0.4, -0.2) is 44.2 Å². The van der Waals surface area contributed by atoms with E-state index in [1.807, 2.05) is 18.2 Å². The summed E-state index contributed by atoms with van der Waals surface area (Å²) in [6.45, 7) is 1.90. The van der Waals surface area contributed by atoms with Crippen LogP contribution in [0.5, 0.6) is 11.5 Å². The van der Waals surface area contributed by atoms with E-state index in [4.69, 9.17) is 14.2 Å². The molecule has 1 aliphatic carbocycles. The van der Waals surface area contributed by atoms with Crippen molar-refractivity contribution in [2.45, 2.75) is 50.9 Å². The SMILES string of the molecule is C[NH+](CC(O)COCc1ccc2c(c1)OCO2)C1CCCCC1. The number of likely N-dealkylation sites (N-methyl/N-ethyl adjacent to an activating group) is 1. The summed E-state index contributed by atoms with van der Waals surface area (Å²) in [4.78, 5) is 1.43. The van der Waals surface area contributed by atoms with Crippen LogP contribution in [0.25, 0.3) is 0 Å². The van der Waals surface area contributed by atoms with Gasteiger partial charge in [-0.3, -0.25) is 0 Å². The van der Waals surface area contributed by atoms with Crippen LogP contribution in [0.2, 0.25) is 0 Å². The Hall–Kier alpha value is -1.30. The Morgan fingerprint density at radius 2 is 2.00 bits per heavy atom. The van der Waals surface area contributed by atoms with Crippen molar-refractivity contribution in [2.24, 2.45) is 0 Å². The average Bonchev–Trinajstić information content (AvgIpc) is 3.03. The lowest BCUT2D eigenvalue weighted by atomic mass is 9.94. The van der Waals surface area contributed by atoms with Crippen LogP contribution < -0.4 is 14.4 Å². The zero-order valence-electron chi connectivity index (χ0n) is 13.9. The molecule has 0 saturated heterocycles. The van der Waals surface area contributed by atoms with Crippen LogP contribution in [-0.2, 0) is 11.3 Å². The Morgan fingerprint density at radius 3 is 2.83 bits per heavy atom. The monoisotopic (exact) mass is 322 g/mol. The Kier molecular flexibility index (Phi) is 5.75. The van der Waals surface area contributed by atoms with E-state index in [2.05, 4.69) is 7.05 Å². The summed E-state index contributed by atoms with van der Waals surface area (Å²) >= 11 is 0. The zero-order chi connectivity index (χ0) is 16.1. The van der Waals surface area contributed by atoms with Gasteiger partial charge in [0.1, 0.15) is 12.6 Å². The standard InChI is InChI=1S/C18H27NO4/c1-19(15-5-3-2-4-6-15)10-16(20)12-21-11-14-7-8-17-18(9-14)23-13-22-17/h7-9,15-16,20H,2-6,10-13H2,1H3/p+1. The van der Waals surface area contributed by atoms with Gasteiger partial charge in [-0.1, -0.05) is 12.5 Å². The fraction of sp³-hybridized carbons (Fsp3) is 0.667. The van der Waals surface area contributed by atoms with Gasteiger partial charge in [0.25, 0.3) is 0 Å². The molecule has 1 aliphatic heterocycles. The van der Waals surface area contributed by atoms with Crippen LogP contribution in [0.3, 0.4) is 0 Å². The number of nitrogens with one attached hydrogen (secondary N) is 1. The molecule has 5 nitrogen and oxygen atoms in total. The summed E-state index contributed by atoms with van der Waals surface area (Å²) < 4.78 is 16.3. The molecule has 1 fully saturated rings. The van der Waals surface area contributed by atoms with Crippen molar-refractivity contribution in [3.63, 3.8) is 0 Å². The molecule has 0 bridgehead atoms. The third-order valence-electron chi connectivity index (χ3n) is 4.88. The van der Waals surface area contributed by atoms with Crippen LogP contribution in [0.4, 0.5) is 0 Å². The summed E-state index contributed by atoms with van der Waals surface area (Å²) in [5.41, 5.74) is 1.04. The maximum Gasteiger partial charge on any atom is 0.231 e. The fourth-order valence-corrected chi connectivity index (χ4v) is 3.54. The lowest BCUT2D eigenvalue weighted by molar-refractivity contribution is -0.910. The maximum absolute atomic E-state index is 10.2. The molecule has 128 valence electrons. The predicted octanol–water partition coefficient (Wildman–Crippen LogP) is 1.14. The van der Waals surface area contributed by atoms with E-state index in [-0.39, 0.29) is 6.79 Å². The largest absolute Gasteiger partial charge is 0.454 e. The molecule has 23 heavy (non-hydrogen) atoms. The molecule has 0 spiro atoms. The van der Waals surface area contributed by atoms with E-state index in [1.54, 1.807) is 0 Å².